The molecule has 1 amide bonds. The van der Waals surface area contributed by atoms with Gasteiger partial charge in [-0.15, -0.1) is 0 Å². The normalized spacial score (nSPS) is 16.0. The van der Waals surface area contributed by atoms with Crippen molar-refractivity contribution in [3.05, 3.63) is 29.6 Å². The second-order valence-corrected chi connectivity index (χ2v) is 5.16. The van der Waals surface area contributed by atoms with Gasteiger partial charge in [-0.05, 0) is 38.0 Å². The second kappa shape index (κ2) is 7.06. The van der Waals surface area contributed by atoms with Gasteiger partial charge in [0.05, 0.1) is 5.71 Å². The molecular weight excluding hydrogens is 275 g/mol. The zero-order valence-corrected chi connectivity index (χ0v) is 11.9. The highest BCUT2D eigenvalue weighted by molar-refractivity contribution is 6.00. The zero-order valence-electron chi connectivity index (χ0n) is 11.9. The molecule has 1 fully saturated rings. The summed E-state index contributed by atoms with van der Waals surface area (Å²) < 4.78 is 18.7. The minimum Gasteiger partial charge on any atom is -0.483 e. The molecule has 5 nitrogen and oxygen atoms in total. The van der Waals surface area contributed by atoms with E-state index in [1.165, 1.54) is 25.1 Å². The first kappa shape index (κ1) is 15.3. The van der Waals surface area contributed by atoms with E-state index < -0.39 is 5.82 Å². The van der Waals surface area contributed by atoms with E-state index in [1.54, 1.807) is 0 Å². The number of carbonyl (C=O) groups is 1. The molecular formula is C15H19FN2O3. The Labute approximate surface area is 122 Å². The van der Waals surface area contributed by atoms with Crippen LogP contribution in [0.5, 0.6) is 5.75 Å². The lowest BCUT2D eigenvalue weighted by atomic mass is 10.1. The smallest absolute Gasteiger partial charge is 0.258 e. The number of halogens is 1. The van der Waals surface area contributed by atoms with Crippen LogP contribution in [-0.2, 0) is 4.79 Å². The van der Waals surface area contributed by atoms with Crippen LogP contribution in [-0.4, -0.2) is 29.5 Å². The molecule has 0 aliphatic heterocycles. The molecule has 0 spiro atoms. The van der Waals surface area contributed by atoms with Crippen LogP contribution in [0.4, 0.5) is 4.39 Å². The van der Waals surface area contributed by atoms with Crippen molar-refractivity contribution >= 4 is 11.6 Å². The fourth-order valence-electron chi connectivity index (χ4n) is 2.45. The van der Waals surface area contributed by atoms with E-state index in [0.717, 1.165) is 25.7 Å². The molecule has 21 heavy (non-hydrogen) atoms. The highest BCUT2D eigenvalue weighted by Gasteiger charge is 2.18. The largest absolute Gasteiger partial charge is 0.483 e. The van der Waals surface area contributed by atoms with Crippen molar-refractivity contribution in [3.63, 3.8) is 0 Å². The predicted octanol–water partition coefficient (Wildman–Crippen LogP) is 2.46. The third-order valence-corrected chi connectivity index (χ3v) is 3.56. The van der Waals surface area contributed by atoms with E-state index in [1.807, 2.05) is 0 Å². The van der Waals surface area contributed by atoms with Crippen molar-refractivity contribution in [1.29, 1.82) is 0 Å². The topological polar surface area (TPSA) is 70.9 Å². The van der Waals surface area contributed by atoms with E-state index in [-0.39, 0.29) is 24.3 Å². The SMILES string of the molecule is C/C(=N/O)c1cc(F)ccc1OCC(=O)NC1CCCC1. The summed E-state index contributed by atoms with van der Waals surface area (Å²) in [6.45, 7) is 1.38. The summed E-state index contributed by atoms with van der Waals surface area (Å²) in [5, 5.41) is 14.7. The summed E-state index contributed by atoms with van der Waals surface area (Å²) in [7, 11) is 0. The predicted molar refractivity (Wildman–Crippen MR) is 76.3 cm³/mol. The van der Waals surface area contributed by atoms with Crippen molar-refractivity contribution in [2.75, 3.05) is 6.61 Å². The van der Waals surface area contributed by atoms with Gasteiger partial charge in [0.2, 0.25) is 0 Å². The number of amides is 1. The first-order chi connectivity index (χ1) is 10.1. The number of nitrogens with one attached hydrogen (secondary N) is 1. The Kier molecular flexibility index (Phi) is 5.14. The molecule has 2 N–H and O–H groups in total. The number of carbonyl (C=O) groups excluding carboxylic acids is 1. The molecule has 1 aliphatic carbocycles. The maximum absolute atomic E-state index is 13.2. The Balaban J connectivity index is 1.97. The van der Waals surface area contributed by atoms with Crippen molar-refractivity contribution in [1.82, 2.24) is 5.32 Å². The molecule has 0 heterocycles. The van der Waals surface area contributed by atoms with Crippen LogP contribution in [0, 0.1) is 5.82 Å². The molecule has 1 saturated carbocycles. The van der Waals surface area contributed by atoms with Gasteiger partial charge in [0.15, 0.2) is 6.61 Å². The van der Waals surface area contributed by atoms with Gasteiger partial charge in [-0.25, -0.2) is 4.39 Å². The average molecular weight is 294 g/mol. The second-order valence-electron chi connectivity index (χ2n) is 5.16. The van der Waals surface area contributed by atoms with Gasteiger partial charge in [0.1, 0.15) is 11.6 Å². The fraction of sp³-hybridized carbons (Fsp3) is 0.467. The Morgan fingerprint density at radius 3 is 2.86 bits per heavy atom. The number of rotatable bonds is 5. The van der Waals surface area contributed by atoms with Crippen LogP contribution >= 0.6 is 0 Å². The third-order valence-electron chi connectivity index (χ3n) is 3.56. The number of hydrogen-bond donors (Lipinski definition) is 2. The lowest BCUT2D eigenvalue weighted by Crippen LogP contribution is -2.36. The minimum absolute atomic E-state index is 0.145. The van der Waals surface area contributed by atoms with Gasteiger partial charge in [0, 0.05) is 11.6 Å². The zero-order chi connectivity index (χ0) is 15.2. The summed E-state index contributed by atoms with van der Waals surface area (Å²) >= 11 is 0. The molecule has 1 aromatic rings. The Morgan fingerprint density at radius 2 is 2.19 bits per heavy atom. The lowest BCUT2D eigenvalue weighted by molar-refractivity contribution is -0.123. The highest BCUT2D eigenvalue weighted by Crippen LogP contribution is 2.21. The summed E-state index contributed by atoms with van der Waals surface area (Å²) in [6.07, 6.45) is 4.29. The molecule has 0 unspecified atom stereocenters. The summed E-state index contributed by atoms with van der Waals surface area (Å²) in [5.74, 6) is -0.347. The maximum Gasteiger partial charge on any atom is 0.258 e. The number of ether oxygens (including phenoxy) is 1. The van der Waals surface area contributed by atoms with Crippen LogP contribution in [0.25, 0.3) is 0 Å². The van der Waals surface area contributed by atoms with Crippen molar-refractivity contribution in [3.8, 4) is 5.75 Å². The van der Waals surface area contributed by atoms with Gasteiger partial charge < -0.3 is 15.3 Å². The summed E-state index contributed by atoms with van der Waals surface area (Å²) in [5.41, 5.74) is 0.548. The molecule has 114 valence electrons. The Morgan fingerprint density at radius 1 is 1.48 bits per heavy atom. The van der Waals surface area contributed by atoms with Crippen LogP contribution < -0.4 is 10.1 Å². The van der Waals surface area contributed by atoms with E-state index in [0.29, 0.717) is 11.3 Å². The molecule has 0 saturated heterocycles. The van der Waals surface area contributed by atoms with Gasteiger partial charge in [-0.3, -0.25) is 4.79 Å². The number of benzene rings is 1. The van der Waals surface area contributed by atoms with Gasteiger partial charge in [-0.2, -0.15) is 0 Å². The van der Waals surface area contributed by atoms with Gasteiger partial charge in [-0.1, -0.05) is 18.0 Å². The van der Waals surface area contributed by atoms with Crippen molar-refractivity contribution in [2.24, 2.45) is 5.16 Å². The van der Waals surface area contributed by atoms with Crippen LogP contribution in [0.15, 0.2) is 23.4 Å². The first-order valence-corrected chi connectivity index (χ1v) is 7.01. The number of hydrogen-bond acceptors (Lipinski definition) is 4. The highest BCUT2D eigenvalue weighted by atomic mass is 19.1. The molecule has 2 rings (SSSR count). The first-order valence-electron chi connectivity index (χ1n) is 7.01. The van der Waals surface area contributed by atoms with Crippen LogP contribution in [0.3, 0.4) is 0 Å². The molecule has 0 aromatic heterocycles. The molecule has 0 bridgehead atoms. The molecule has 1 aromatic carbocycles. The standard InChI is InChI=1S/C15H19FN2O3/c1-10(18-20)13-8-11(16)6-7-14(13)21-9-15(19)17-12-4-2-3-5-12/h6-8,12,20H,2-5,9H2,1H3,(H,17,19)/b18-10-. The van der Waals surface area contributed by atoms with Crippen molar-refractivity contribution < 1.29 is 19.1 Å². The van der Waals surface area contributed by atoms with E-state index in [2.05, 4.69) is 10.5 Å². The molecule has 1 aliphatic rings. The van der Waals surface area contributed by atoms with Crippen LogP contribution in [0.1, 0.15) is 38.2 Å². The monoisotopic (exact) mass is 294 g/mol. The quantitative estimate of drug-likeness (QED) is 0.498. The Bertz CT molecular complexity index is 540. The maximum atomic E-state index is 13.2. The molecule has 0 atom stereocenters. The summed E-state index contributed by atoms with van der Waals surface area (Å²) in [4.78, 5) is 11.8. The van der Waals surface area contributed by atoms with Crippen molar-refractivity contribution in [2.45, 2.75) is 38.6 Å². The minimum atomic E-state index is -0.462. The lowest BCUT2D eigenvalue weighted by Gasteiger charge is -2.14. The number of oxime groups is 1. The van der Waals surface area contributed by atoms with Gasteiger partial charge in [0.25, 0.3) is 5.91 Å². The Hall–Kier alpha value is -2.11. The van der Waals surface area contributed by atoms with E-state index >= 15 is 0 Å². The molecule has 6 heteroatoms. The van der Waals surface area contributed by atoms with Crippen LogP contribution in [0.2, 0.25) is 0 Å². The molecule has 0 radical (unpaired) electrons. The fourth-order valence-corrected chi connectivity index (χ4v) is 2.45. The summed E-state index contributed by atoms with van der Waals surface area (Å²) in [6, 6.07) is 4.09. The van der Waals surface area contributed by atoms with E-state index in [4.69, 9.17) is 9.94 Å². The van der Waals surface area contributed by atoms with E-state index in [9.17, 15) is 9.18 Å². The third kappa shape index (κ3) is 4.18. The average Bonchev–Trinajstić information content (AvgIpc) is 2.98. The number of nitrogens with zero attached hydrogens (tertiary/aromatic N) is 1. The van der Waals surface area contributed by atoms with Gasteiger partial charge >= 0.3 is 0 Å².